The van der Waals surface area contributed by atoms with Crippen LogP contribution in [-0.2, 0) is 13.0 Å². The Kier molecular flexibility index (Phi) is 2.66. The molecule has 0 aromatic carbocycles. The monoisotopic (exact) mass is 258 g/mol. The van der Waals surface area contributed by atoms with Crippen molar-refractivity contribution < 1.29 is 4.52 Å². The molecule has 0 spiro atoms. The molecule has 0 atom stereocenters. The van der Waals surface area contributed by atoms with Gasteiger partial charge in [-0.25, -0.2) is 9.97 Å². The molecule has 0 saturated heterocycles. The van der Waals surface area contributed by atoms with E-state index in [0.29, 0.717) is 30.6 Å². The summed E-state index contributed by atoms with van der Waals surface area (Å²) in [6.45, 7) is 4.36. The minimum absolute atomic E-state index is 0.452. The summed E-state index contributed by atoms with van der Waals surface area (Å²) >= 11 is 0. The van der Waals surface area contributed by atoms with Gasteiger partial charge in [-0.2, -0.15) is 4.98 Å². The Balaban J connectivity index is 1.90. The second-order valence-corrected chi connectivity index (χ2v) is 4.46. The summed E-state index contributed by atoms with van der Waals surface area (Å²) in [7, 11) is 0. The number of nitrogens with zero attached hydrogens (tertiary/aromatic N) is 5. The molecule has 3 heterocycles. The number of nitrogens with two attached hydrogens (primary N) is 1. The van der Waals surface area contributed by atoms with E-state index in [2.05, 4.69) is 20.1 Å². The van der Waals surface area contributed by atoms with Gasteiger partial charge in [-0.05, 0) is 18.6 Å². The van der Waals surface area contributed by atoms with Gasteiger partial charge in [0.05, 0.1) is 0 Å². The number of hydrogen-bond acceptors (Lipinski definition) is 6. The minimum Gasteiger partial charge on any atom is -0.369 e. The van der Waals surface area contributed by atoms with Crippen LogP contribution in [0.25, 0.3) is 11.2 Å². The molecule has 0 aliphatic carbocycles. The average Bonchev–Trinajstić information content (AvgIpc) is 2.89. The van der Waals surface area contributed by atoms with Crippen molar-refractivity contribution in [3.8, 4) is 0 Å². The van der Waals surface area contributed by atoms with Gasteiger partial charge in [-0.3, -0.25) is 4.57 Å². The van der Waals surface area contributed by atoms with E-state index in [-0.39, 0.29) is 0 Å². The predicted octanol–water partition coefficient (Wildman–Crippen LogP) is 1.26. The van der Waals surface area contributed by atoms with E-state index >= 15 is 0 Å². The van der Waals surface area contributed by atoms with Crippen LogP contribution in [0, 0.1) is 13.8 Å². The van der Waals surface area contributed by atoms with Crippen LogP contribution in [-0.4, -0.2) is 24.7 Å². The molecule has 19 heavy (non-hydrogen) atoms. The molecule has 0 unspecified atom stereocenters. The fourth-order valence-corrected chi connectivity index (χ4v) is 2.00. The highest BCUT2D eigenvalue weighted by atomic mass is 16.5. The van der Waals surface area contributed by atoms with E-state index in [0.717, 1.165) is 16.7 Å². The molecule has 0 amide bonds. The highest BCUT2D eigenvalue weighted by Crippen LogP contribution is 2.17. The third-order valence-electron chi connectivity index (χ3n) is 2.88. The van der Waals surface area contributed by atoms with Crippen molar-refractivity contribution in [2.45, 2.75) is 26.8 Å². The first-order chi connectivity index (χ1) is 9.13. The Morgan fingerprint density at radius 3 is 2.89 bits per heavy atom. The molecule has 98 valence electrons. The number of aryl methyl sites for hydroxylation is 4. The third-order valence-corrected chi connectivity index (χ3v) is 2.88. The van der Waals surface area contributed by atoms with Crippen molar-refractivity contribution in [3.05, 3.63) is 29.5 Å². The lowest BCUT2D eigenvalue weighted by Gasteiger charge is -2.03. The van der Waals surface area contributed by atoms with Crippen molar-refractivity contribution in [1.82, 2.24) is 24.7 Å². The van der Waals surface area contributed by atoms with Crippen LogP contribution in [0.2, 0.25) is 0 Å². The summed E-state index contributed by atoms with van der Waals surface area (Å²) in [6, 6.07) is 1.97. The van der Waals surface area contributed by atoms with Gasteiger partial charge in [0.1, 0.15) is 5.52 Å². The summed E-state index contributed by atoms with van der Waals surface area (Å²) in [6.07, 6.45) is 2.43. The van der Waals surface area contributed by atoms with Crippen molar-refractivity contribution in [2.24, 2.45) is 0 Å². The van der Waals surface area contributed by atoms with Crippen LogP contribution in [0.4, 0.5) is 5.95 Å². The van der Waals surface area contributed by atoms with Crippen LogP contribution in [0.1, 0.15) is 17.3 Å². The molecule has 0 bridgehead atoms. The first-order valence-electron chi connectivity index (χ1n) is 6.01. The number of anilines is 1. The zero-order chi connectivity index (χ0) is 13.4. The number of nitrogen functional groups attached to an aromatic ring is 1. The molecule has 7 heteroatoms. The Labute approximate surface area is 109 Å². The molecule has 7 nitrogen and oxygen atoms in total. The van der Waals surface area contributed by atoms with Gasteiger partial charge in [0, 0.05) is 26.1 Å². The Morgan fingerprint density at radius 1 is 1.32 bits per heavy atom. The average molecular weight is 258 g/mol. The van der Waals surface area contributed by atoms with E-state index in [1.54, 1.807) is 13.1 Å². The zero-order valence-electron chi connectivity index (χ0n) is 10.8. The molecule has 0 radical (unpaired) electrons. The van der Waals surface area contributed by atoms with E-state index < -0.39 is 0 Å². The lowest BCUT2D eigenvalue weighted by Crippen LogP contribution is -2.07. The lowest BCUT2D eigenvalue weighted by molar-refractivity contribution is 0.386. The summed E-state index contributed by atoms with van der Waals surface area (Å²) in [5.74, 6) is 1.67. The van der Waals surface area contributed by atoms with Crippen molar-refractivity contribution in [3.63, 3.8) is 0 Å². The smallest absolute Gasteiger partial charge is 0.223 e. The summed E-state index contributed by atoms with van der Waals surface area (Å²) < 4.78 is 6.80. The Morgan fingerprint density at radius 2 is 2.16 bits per heavy atom. The molecule has 3 aromatic rings. The molecule has 3 aromatic heterocycles. The quantitative estimate of drug-likeness (QED) is 0.759. The van der Waals surface area contributed by atoms with Crippen LogP contribution in [0.5, 0.6) is 0 Å². The number of fused-ring (bicyclic) bond motifs is 1. The summed E-state index contributed by atoms with van der Waals surface area (Å²) in [5, 5.41) is 3.86. The fourth-order valence-electron chi connectivity index (χ4n) is 2.00. The maximum atomic E-state index is 5.92. The first kappa shape index (κ1) is 11.6. The standard InChI is InChI=1S/C12H14N6O/c1-7-5-9-11(14-6-7)18(12(13)16-9)4-3-10-15-8(2)19-17-10/h5-6H,3-4H2,1-2H3,(H2,13,16). The molecule has 0 saturated carbocycles. The highest BCUT2D eigenvalue weighted by Gasteiger charge is 2.11. The molecular formula is C12H14N6O. The maximum absolute atomic E-state index is 5.92. The second kappa shape index (κ2) is 4.34. The van der Waals surface area contributed by atoms with Crippen molar-refractivity contribution in [1.29, 1.82) is 0 Å². The van der Waals surface area contributed by atoms with E-state index in [1.165, 1.54) is 0 Å². The van der Waals surface area contributed by atoms with Gasteiger partial charge < -0.3 is 10.3 Å². The van der Waals surface area contributed by atoms with Crippen LogP contribution < -0.4 is 5.73 Å². The van der Waals surface area contributed by atoms with Gasteiger partial charge >= 0.3 is 0 Å². The summed E-state index contributed by atoms with van der Waals surface area (Å²) in [5.41, 5.74) is 8.57. The third kappa shape index (κ3) is 2.14. The van der Waals surface area contributed by atoms with E-state index in [9.17, 15) is 0 Å². The van der Waals surface area contributed by atoms with Crippen LogP contribution >= 0.6 is 0 Å². The SMILES string of the molecule is Cc1cnc2c(c1)nc(N)n2CCc1noc(C)n1. The van der Waals surface area contributed by atoms with Crippen LogP contribution in [0.15, 0.2) is 16.8 Å². The number of hydrogen-bond donors (Lipinski definition) is 1. The molecule has 0 aliphatic heterocycles. The van der Waals surface area contributed by atoms with Gasteiger partial charge in [0.25, 0.3) is 0 Å². The van der Waals surface area contributed by atoms with Crippen LogP contribution in [0.3, 0.4) is 0 Å². The maximum Gasteiger partial charge on any atom is 0.223 e. The molecule has 3 rings (SSSR count). The van der Waals surface area contributed by atoms with Gasteiger partial charge in [-0.15, -0.1) is 0 Å². The first-order valence-corrected chi connectivity index (χ1v) is 6.01. The normalized spacial score (nSPS) is 11.3. The molecule has 0 fully saturated rings. The highest BCUT2D eigenvalue weighted by molar-refractivity contribution is 5.74. The van der Waals surface area contributed by atoms with Gasteiger partial charge in [0.2, 0.25) is 11.8 Å². The Hall–Kier alpha value is -2.44. The predicted molar refractivity (Wildman–Crippen MR) is 69.4 cm³/mol. The minimum atomic E-state index is 0.452. The zero-order valence-corrected chi connectivity index (χ0v) is 10.8. The van der Waals surface area contributed by atoms with Crippen molar-refractivity contribution >= 4 is 17.1 Å². The molecule has 2 N–H and O–H groups in total. The van der Waals surface area contributed by atoms with E-state index in [1.807, 2.05) is 17.6 Å². The Bertz CT molecular complexity index is 729. The van der Waals surface area contributed by atoms with E-state index in [4.69, 9.17) is 10.3 Å². The van der Waals surface area contributed by atoms with Gasteiger partial charge in [0.15, 0.2) is 11.5 Å². The summed E-state index contributed by atoms with van der Waals surface area (Å²) in [4.78, 5) is 12.8. The lowest BCUT2D eigenvalue weighted by atomic mass is 10.3. The number of aromatic nitrogens is 5. The number of imidazole rings is 1. The topological polar surface area (TPSA) is 95.7 Å². The van der Waals surface area contributed by atoms with Crippen molar-refractivity contribution in [2.75, 3.05) is 5.73 Å². The molecular weight excluding hydrogens is 244 g/mol. The number of pyridine rings is 1. The fraction of sp³-hybridized carbons (Fsp3) is 0.333. The second-order valence-electron chi connectivity index (χ2n) is 4.46. The largest absolute Gasteiger partial charge is 0.369 e. The van der Waals surface area contributed by atoms with Gasteiger partial charge in [-0.1, -0.05) is 5.16 Å². The molecule has 0 aliphatic rings. The number of rotatable bonds is 3.